The van der Waals surface area contributed by atoms with Gasteiger partial charge in [-0.2, -0.15) is 0 Å². The molecule has 3 atom stereocenters. The molecule has 0 aromatic carbocycles. The Morgan fingerprint density at radius 3 is 2.75 bits per heavy atom. The van der Waals surface area contributed by atoms with E-state index >= 15 is 0 Å². The third kappa shape index (κ3) is 5.00. The fourth-order valence-corrected chi connectivity index (χ4v) is 2.48. The maximum atomic E-state index is 12.1. The van der Waals surface area contributed by atoms with Crippen molar-refractivity contribution in [3.05, 3.63) is 0 Å². The van der Waals surface area contributed by atoms with Gasteiger partial charge in [0.05, 0.1) is 6.10 Å². The number of carboxylic acids is 1. The van der Waals surface area contributed by atoms with Crippen molar-refractivity contribution in [2.75, 3.05) is 26.7 Å². The summed E-state index contributed by atoms with van der Waals surface area (Å²) in [5.41, 5.74) is 0. The van der Waals surface area contributed by atoms with E-state index in [0.29, 0.717) is 19.0 Å². The number of hydrogen-bond acceptors (Lipinski definition) is 3. The van der Waals surface area contributed by atoms with Crippen LogP contribution in [-0.2, 0) is 9.53 Å². The third-order valence-electron chi connectivity index (χ3n) is 4.06. The molecule has 6 heteroatoms. The zero-order chi connectivity index (χ0) is 15.1. The zero-order valence-electron chi connectivity index (χ0n) is 12.6. The van der Waals surface area contributed by atoms with Crippen LogP contribution in [0.4, 0.5) is 4.79 Å². The number of rotatable bonds is 6. The molecule has 2 amide bonds. The maximum absolute atomic E-state index is 12.1. The first-order valence-corrected chi connectivity index (χ1v) is 7.25. The minimum atomic E-state index is -0.822. The molecule has 1 saturated heterocycles. The molecule has 1 heterocycles. The number of methoxy groups -OCH3 is 1. The van der Waals surface area contributed by atoms with Crippen molar-refractivity contribution < 1.29 is 19.4 Å². The van der Waals surface area contributed by atoms with Crippen LogP contribution in [0.1, 0.15) is 33.1 Å². The number of nitrogens with one attached hydrogen (secondary N) is 1. The minimum absolute atomic E-state index is 0.0154. The Morgan fingerprint density at radius 1 is 1.50 bits per heavy atom. The molecule has 116 valence electrons. The van der Waals surface area contributed by atoms with E-state index in [9.17, 15) is 9.59 Å². The van der Waals surface area contributed by atoms with Gasteiger partial charge < -0.3 is 20.1 Å². The molecule has 0 saturated carbocycles. The lowest BCUT2D eigenvalue weighted by Crippen LogP contribution is -2.50. The van der Waals surface area contributed by atoms with E-state index in [1.165, 1.54) is 0 Å². The van der Waals surface area contributed by atoms with E-state index in [2.05, 4.69) is 12.2 Å². The molecule has 0 aromatic rings. The molecule has 0 aliphatic carbocycles. The number of hydrogen-bond donors (Lipinski definition) is 2. The second kappa shape index (κ2) is 8.09. The molecule has 3 unspecified atom stereocenters. The topological polar surface area (TPSA) is 78.9 Å². The number of ether oxygens (including phenoxy) is 1. The van der Waals surface area contributed by atoms with Gasteiger partial charge in [-0.15, -0.1) is 0 Å². The van der Waals surface area contributed by atoms with Crippen LogP contribution < -0.4 is 5.32 Å². The first-order chi connectivity index (χ1) is 9.47. The Bertz CT molecular complexity index is 335. The standard InChI is InChI=1S/C14H26N2O4/c1-4-11(7-13(17)18)8-15-14(19)16-6-5-10(2)12(9-16)20-3/h10-12H,4-9H2,1-3H3,(H,15,19)(H,17,18). The lowest BCUT2D eigenvalue weighted by molar-refractivity contribution is -0.138. The molecule has 1 aliphatic heterocycles. The number of carbonyl (C=O) groups is 2. The molecule has 1 fully saturated rings. The van der Waals surface area contributed by atoms with E-state index in [0.717, 1.165) is 19.4 Å². The van der Waals surface area contributed by atoms with Crippen LogP contribution in [0.25, 0.3) is 0 Å². The lowest BCUT2D eigenvalue weighted by atomic mass is 9.96. The van der Waals surface area contributed by atoms with Crippen LogP contribution >= 0.6 is 0 Å². The molecular formula is C14H26N2O4. The van der Waals surface area contributed by atoms with E-state index in [-0.39, 0.29) is 24.5 Å². The number of aliphatic carboxylic acids is 1. The molecule has 0 bridgehead atoms. The van der Waals surface area contributed by atoms with Crippen LogP contribution in [0.3, 0.4) is 0 Å². The van der Waals surface area contributed by atoms with Gasteiger partial charge in [0.15, 0.2) is 0 Å². The summed E-state index contributed by atoms with van der Waals surface area (Å²) in [6.07, 6.45) is 1.84. The Kier molecular flexibility index (Phi) is 6.78. The van der Waals surface area contributed by atoms with Gasteiger partial charge in [-0.05, 0) is 18.3 Å². The molecule has 0 radical (unpaired) electrons. The number of nitrogens with zero attached hydrogens (tertiary/aromatic N) is 1. The van der Waals surface area contributed by atoms with Gasteiger partial charge >= 0.3 is 12.0 Å². The normalized spacial score (nSPS) is 24.2. The highest BCUT2D eigenvalue weighted by molar-refractivity contribution is 5.74. The summed E-state index contributed by atoms with van der Waals surface area (Å²) in [4.78, 5) is 24.5. The van der Waals surface area contributed by atoms with Crippen molar-refractivity contribution in [2.45, 2.75) is 39.2 Å². The van der Waals surface area contributed by atoms with Gasteiger partial charge in [0.25, 0.3) is 0 Å². The molecule has 1 rings (SSSR count). The first kappa shape index (κ1) is 16.8. The second-order valence-corrected chi connectivity index (χ2v) is 5.54. The maximum Gasteiger partial charge on any atom is 0.317 e. The second-order valence-electron chi connectivity index (χ2n) is 5.54. The fourth-order valence-electron chi connectivity index (χ4n) is 2.48. The van der Waals surface area contributed by atoms with Crippen molar-refractivity contribution in [1.82, 2.24) is 10.2 Å². The Balaban J connectivity index is 2.40. The summed E-state index contributed by atoms with van der Waals surface area (Å²) < 4.78 is 5.38. The van der Waals surface area contributed by atoms with Gasteiger partial charge in [0.1, 0.15) is 0 Å². The average molecular weight is 286 g/mol. The molecule has 0 aromatic heterocycles. The van der Waals surface area contributed by atoms with Gasteiger partial charge in [0, 0.05) is 33.2 Å². The Morgan fingerprint density at radius 2 is 2.20 bits per heavy atom. The molecular weight excluding hydrogens is 260 g/mol. The number of carboxylic acid groups (broad SMARTS) is 1. The summed E-state index contributed by atoms with van der Waals surface area (Å²) >= 11 is 0. The van der Waals surface area contributed by atoms with Gasteiger partial charge in [-0.25, -0.2) is 4.79 Å². The number of carbonyl (C=O) groups excluding carboxylic acids is 1. The molecule has 6 nitrogen and oxygen atoms in total. The highest BCUT2D eigenvalue weighted by atomic mass is 16.5. The summed E-state index contributed by atoms with van der Waals surface area (Å²) in [5.74, 6) is -0.379. The van der Waals surface area contributed by atoms with Crippen molar-refractivity contribution in [3.8, 4) is 0 Å². The zero-order valence-corrected chi connectivity index (χ0v) is 12.6. The SMILES string of the molecule is CCC(CNC(=O)N1CCC(C)C(OC)C1)CC(=O)O. The summed E-state index contributed by atoms with van der Waals surface area (Å²) in [6, 6.07) is -0.122. The minimum Gasteiger partial charge on any atom is -0.481 e. The van der Waals surface area contributed by atoms with Gasteiger partial charge in [-0.1, -0.05) is 20.3 Å². The predicted octanol–water partition coefficient (Wildman–Crippen LogP) is 1.55. The third-order valence-corrected chi connectivity index (χ3v) is 4.06. The van der Waals surface area contributed by atoms with E-state index in [1.54, 1.807) is 12.0 Å². The van der Waals surface area contributed by atoms with Crippen LogP contribution in [0, 0.1) is 11.8 Å². The highest BCUT2D eigenvalue weighted by Crippen LogP contribution is 2.19. The van der Waals surface area contributed by atoms with Crippen LogP contribution in [0.15, 0.2) is 0 Å². The van der Waals surface area contributed by atoms with E-state index in [1.807, 2.05) is 6.92 Å². The van der Waals surface area contributed by atoms with Crippen molar-refractivity contribution in [2.24, 2.45) is 11.8 Å². The van der Waals surface area contributed by atoms with Crippen molar-refractivity contribution in [3.63, 3.8) is 0 Å². The first-order valence-electron chi connectivity index (χ1n) is 7.25. The molecule has 0 spiro atoms. The van der Waals surface area contributed by atoms with Crippen molar-refractivity contribution >= 4 is 12.0 Å². The summed E-state index contributed by atoms with van der Waals surface area (Å²) in [5, 5.41) is 11.6. The quantitative estimate of drug-likeness (QED) is 0.776. The lowest BCUT2D eigenvalue weighted by Gasteiger charge is -2.36. The number of likely N-dealkylation sites (tertiary alicyclic amines) is 1. The monoisotopic (exact) mass is 286 g/mol. The number of urea groups is 1. The van der Waals surface area contributed by atoms with Crippen LogP contribution in [0.2, 0.25) is 0 Å². The predicted molar refractivity (Wildman–Crippen MR) is 75.6 cm³/mol. The smallest absolute Gasteiger partial charge is 0.317 e. The Hall–Kier alpha value is -1.30. The van der Waals surface area contributed by atoms with E-state index < -0.39 is 5.97 Å². The van der Waals surface area contributed by atoms with Crippen LogP contribution in [-0.4, -0.2) is 54.9 Å². The largest absolute Gasteiger partial charge is 0.481 e. The summed E-state index contributed by atoms with van der Waals surface area (Å²) in [7, 11) is 1.67. The number of piperidine rings is 1. The molecule has 2 N–H and O–H groups in total. The highest BCUT2D eigenvalue weighted by Gasteiger charge is 2.28. The molecule has 20 heavy (non-hydrogen) atoms. The average Bonchev–Trinajstić information content (AvgIpc) is 2.43. The van der Waals surface area contributed by atoms with E-state index in [4.69, 9.17) is 9.84 Å². The molecule has 1 aliphatic rings. The summed E-state index contributed by atoms with van der Waals surface area (Å²) in [6.45, 7) is 5.79. The van der Waals surface area contributed by atoms with Gasteiger partial charge in [0.2, 0.25) is 0 Å². The Labute approximate surface area is 120 Å². The van der Waals surface area contributed by atoms with Crippen molar-refractivity contribution in [1.29, 1.82) is 0 Å². The van der Waals surface area contributed by atoms with Gasteiger partial charge in [-0.3, -0.25) is 4.79 Å². The number of amides is 2. The van der Waals surface area contributed by atoms with Crippen LogP contribution in [0.5, 0.6) is 0 Å². The fraction of sp³-hybridized carbons (Fsp3) is 0.857.